The van der Waals surface area contributed by atoms with Crippen LogP contribution >= 0.6 is 0 Å². The minimum absolute atomic E-state index is 0.243. The molecule has 1 aliphatic rings. The molecule has 0 spiro atoms. The van der Waals surface area contributed by atoms with Crippen LogP contribution in [0.25, 0.3) is 0 Å². The molecule has 1 saturated heterocycles. The van der Waals surface area contributed by atoms with Crippen LogP contribution < -0.4 is 10.2 Å². The third-order valence-corrected chi connectivity index (χ3v) is 4.66. The van der Waals surface area contributed by atoms with Crippen molar-refractivity contribution in [2.24, 2.45) is 0 Å². The van der Waals surface area contributed by atoms with Gasteiger partial charge in [0, 0.05) is 6.42 Å². The Balaban J connectivity index is 2.23. The van der Waals surface area contributed by atoms with Gasteiger partial charge in [-0.3, -0.25) is 4.79 Å². The number of esters is 1. The summed E-state index contributed by atoms with van der Waals surface area (Å²) in [5, 5.41) is 0. The van der Waals surface area contributed by atoms with E-state index in [9.17, 15) is 4.79 Å². The van der Waals surface area contributed by atoms with Gasteiger partial charge in [-0.2, -0.15) is 0 Å². The van der Waals surface area contributed by atoms with Gasteiger partial charge in [0.1, 0.15) is 5.75 Å². The first-order valence-corrected chi connectivity index (χ1v) is 7.79. The first kappa shape index (κ1) is 17.8. The number of carbonyl (C=O) groups excluding carboxylic acids is 1. The Hall–Kier alpha value is -1.53. The number of hydrogen-bond acceptors (Lipinski definition) is 5. The first-order valence-electron chi connectivity index (χ1n) is 7.79. The summed E-state index contributed by atoms with van der Waals surface area (Å²) in [4.78, 5) is 11.4. The van der Waals surface area contributed by atoms with Crippen LogP contribution in [0.4, 0.5) is 0 Å². The molecule has 0 saturated carbocycles. The van der Waals surface area contributed by atoms with Gasteiger partial charge in [-0.15, -0.1) is 0 Å². The van der Waals surface area contributed by atoms with Gasteiger partial charge in [-0.05, 0) is 51.2 Å². The van der Waals surface area contributed by atoms with Crippen molar-refractivity contribution < 1.29 is 23.6 Å². The summed E-state index contributed by atoms with van der Waals surface area (Å²) in [6.45, 7) is 8.09. The van der Waals surface area contributed by atoms with Gasteiger partial charge < -0.3 is 18.8 Å². The topological polar surface area (TPSA) is 54.0 Å². The maximum atomic E-state index is 11.4. The van der Waals surface area contributed by atoms with Crippen molar-refractivity contribution in [1.82, 2.24) is 0 Å². The number of benzene rings is 1. The molecule has 0 aliphatic carbocycles. The molecule has 0 radical (unpaired) electrons. The molecule has 2 rings (SSSR count). The molecule has 5 nitrogen and oxygen atoms in total. The summed E-state index contributed by atoms with van der Waals surface area (Å²) < 4.78 is 22.2. The highest BCUT2D eigenvalue weighted by atomic mass is 16.7. The molecule has 1 fully saturated rings. The predicted octanol–water partition coefficient (Wildman–Crippen LogP) is 2.10. The molecule has 126 valence electrons. The van der Waals surface area contributed by atoms with E-state index < -0.39 is 7.12 Å². The molecule has 0 N–H and O–H groups in total. The molecule has 0 amide bonds. The Morgan fingerprint density at radius 2 is 1.74 bits per heavy atom. The molecular formula is C17H25BO5. The van der Waals surface area contributed by atoms with Crippen molar-refractivity contribution in [2.75, 3.05) is 14.2 Å². The highest BCUT2D eigenvalue weighted by Gasteiger charge is 2.51. The second-order valence-electron chi connectivity index (χ2n) is 6.74. The fourth-order valence-electron chi connectivity index (χ4n) is 2.46. The van der Waals surface area contributed by atoms with E-state index in [1.807, 2.05) is 45.9 Å². The van der Waals surface area contributed by atoms with Gasteiger partial charge >= 0.3 is 13.1 Å². The van der Waals surface area contributed by atoms with Gasteiger partial charge in [0.15, 0.2) is 0 Å². The van der Waals surface area contributed by atoms with Crippen LogP contribution in [-0.4, -0.2) is 38.5 Å². The number of rotatable bonds is 5. The number of methoxy groups -OCH3 is 2. The molecule has 0 bridgehead atoms. The predicted molar refractivity (Wildman–Crippen MR) is 89.0 cm³/mol. The van der Waals surface area contributed by atoms with Crippen molar-refractivity contribution in [3.05, 3.63) is 23.8 Å². The fraction of sp³-hybridized carbons (Fsp3) is 0.588. The van der Waals surface area contributed by atoms with E-state index in [-0.39, 0.29) is 17.2 Å². The summed E-state index contributed by atoms with van der Waals surface area (Å²) in [6.07, 6.45) is 0.850. The van der Waals surface area contributed by atoms with E-state index in [0.29, 0.717) is 12.8 Å². The molecule has 6 heteroatoms. The first-order chi connectivity index (χ1) is 10.7. The smallest absolute Gasteiger partial charge is 0.494 e. The van der Waals surface area contributed by atoms with Crippen LogP contribution in [0.1, 0.15) is 39.7 Å². The van der Waals surface area contributed by atoms with E-state index in [4.69, 9.17) is 18.8 Å². The lowest BCUT2D eigenvalue weighted by atomic mass is 9.78. The summed E-state index contributed by atoms with van der Waals surface area (Å²) in [6, 6.07) is 5.79. The Morgan fingerprint density at radius 1 is 1.13 bits per heavy atom. The van der Waals surface area contributed by atoms with Crippen LogP contribution in [-0.2, 0) is 25.3 Å². The van der Waals surface area contributed by atoms with Gasteiger partial charge in [0.05, 0.1) is 25.4 Å². The Morgan fingerprint density at radius 3 is 2.26 bits per heavy atom. The van der Waals surface area contributed by atoms with Crippen LogP contribution in [0, 0.1) is 0 Å². The maximum absolute atomic E-state index is 11.4. The average molecular weight is 320 g/mol. The number of carbonyl (C=O) groups is 1. The van der Waals surface area contributed by atoms with Gasteiger partial charge in [0.25, 0.3) is 0 Å². The van der Waals surface area contributed by atoms with E-state index in [0.717, 1.165) is 16.8 Å². The Kier molecular flexibility index (Phi) is 5.06. The number of hydrogen-bond donors (Lipinski definition) is 0. The van der Waals surface area contributed by atoms with E-state index >= 15 is 0 Å². The van der Waals surface area contributed by atoms with Crippen molar-refractivity contribution in [2.45, 2.75) is 51.7 Å². The monoisotopic (exact) mass is 320 g/mol. The molecule has 0 atom stereocenters. The SMILES string of the molecule is COC(=O)CCc1cc(B2OC(C)(C)C(C)(C)O2)ccc1OC. The van der Waals surface area contributed by atoms with Gasteiger partial charge in [-0.1, -0.05) is 12.1 Å². The third kappa shape index (κ3) is 3.70. The van der Waals surface area contributed by atoms with Crippen molar-refractivity contribution >= 4 is 18.6 Å². The zero-order chi connectivity index (χ0) is 17.3. The highest BCUT2D eigenvalue weighted by Crippen LogP contribution is 2.36. The van der Waals surface area contributed by atoms with Gasteiger partial charge in [0.2, 0.25) is 0 Å². The second kappa shape index (κ2) is 6.53. The molecule has 1 aromatic rings. The average Bonchev–Trinajstić information content (AvgIpc) is 2.72. The summed E-state index contributed by atoms with van der Waals surface area (Å²) in [5.41, 5.74) is 1.09. The van der Waals surface area contributed by atoms with Crippen molar-refractivity contribution in [3.63, 3.8) is 0 Å². The largest absolute Gasteiger partial charge is 0.496 e. The molecular weight excluding hydrogens is 295 g/mol. The third-order valence-electron chi connectivity index (χ3n) is 4.66. The summed E-state index contributed by atoms with van der Waals surface area (Å²) in [7, 11) is 2.58. The lowest BCUT2D eigenvalue weighted by Crippen LogP contribution is -2.41. The highest BCUT2D eigenvalue weighted by molar-refractivity contribution is 6.62. The number of aryl methyl sites for hydroxylation is 1. The normalized spacial score (nSPS) is 18.8. The lowest BCUT2D eigenvalue weighted by Gasteiger charge is -2.32. The van der Waals surface area contributed by atoms with E-state index in [1.165, 1.54) is 7.11 Å². The van der Waals surface area contributed by atoms with E-state index in [2.05, 4.69) is 0 Å². The van der Waals surface area contributed by atoms with Crippen LogP contribution in [0.5, 0.6) is 5.75 Å². The number of ether oxygens (including phenoxy) is 2. The zero-order valence-corrected chi connectivity index (χ0v) is 14.8. The van der Waals surface area contributed by atoms with Crippen LogP contribution in [0.2, 0.25) is 0 Å². The molecule has 0 aromatic heterocycles. The van der Waals surface area contributed by atoms with Crippen LogP contribution in [0.3, 0.4) is 0 Å². The van der Waals surface area contributed by atoms with Crippen molar-refractivity contribution in [1.29, 1.82) is 0 Å². The minimum atomic E-state index is -0.428. The van der Waals surface area contributed by atoms with E-state index in [1.54, 1.807) is 7.11 Å². The summed E-state index contributed by atoms with van der Waals surface area (Å²) >= 11 is 0. The van der Waals surface area contributed by atoms with Crippen molar-refractivity contribution in [3.8, 4) is 5.75 Å². The minimum Gasteiger partial charge on any atom is -0.496 e. The Bertz CT molecular complexity index is 566. The molecule has 1 aliphatic heterocycles. The molecule has 23 heavy (non-hydrogen) atoms. The second-order valence-corrected chi connectivity index (χ2v) is 6.74. The fourth-order valence-corrected chi connectivity index (χ4v) is 2.46. The van der Waals surface area contributed by atoms with Gasteiger partial charge in [-0.25, -0.2) is 0 Å². The lowest BCUT2D eigenvalue weighted by molar-refractivity contribution is -0.140. The summed E-state index contributed by atoms with van der Waals surface area (Å²) in [5.74, 6) is 0.502. The molecule has 1 aromatic carbocycles. The molecule has 0 unspecified atom stereocenters. The standard InChI is InChI=1S/C17H25BO5/c1-16(2)17(3,4)23-18(22-16)13-8-9-14(20-5)12(11-13)7-10-15(19)21-6/h8-9,11H,7,10H2,1-6H3. The molecule has 1 heterocycles. The zero-order valence-electron chi connectivity index (χ0n) is 14.8. The van der Waals surface area contributed by atoms with Crippen LogP contribution in [0.15, 0.2) is 18.2 Å². The quantitative estimate of drug-likeness (QED) is 0.614. The maximum Gasteiger partial charge on any atom is 0.494 e. The Labute approximate surface area is 138 Å².